The van der Waals surface area contributed by atoms with E-state index >= 15 is 0 Å². The molecule has 3 aromatic rings. The highest BCUT2D eigenvalue weighted by molar-refractivity contribution is 8.01. The lowest BCUT2D eigenvalue weighted by atomic mass is 9.68. The topological polar surface area (TPSA) is 148 Å². The smallest absolute Gasteiger partial charge is 0.227 e. The number of nitriles is 1. The molecular formula is C29H28N6O3S2. The molecule has 1 unspecified atom stereocenters. The van der Waals surface area contributed by atoms with Gasteiger partial charge in [0.25, 0.3) is 0 Å². The number of benzene rings is 2. The summed E-state index contributed by atoms with van der Waals surface area (Å²) in [5.74, 6) is -0.145. The zero-order valence-corrected chi connectivity index (χ0v) is 23.7. The molecule has 4 N–H and O–H groups in total. The summed E-state index contributed by atoms with van der Waals surface area (Å²) < 4.78 is 6.48. The van der Waals surface area contributed by atoms with Gasteiger partial charge in [-0.15, -0.1) is 10.2 Å². The molecule has 0 spiro atoms. The van der Waals surface area contributed by atoms with Gasteiger partial charge >= 0.3 is 0 Å². The Kier molecular flexibility index (Phi) is 7.65. The predicted octanol–water partition coefficient (Wildman–Crippen LogP) is 4.64. The first kappa shape index (κ1) is 27.4. The van der Waals surface area contributed by atoms with Gasteiger partial charge in [0.2, 0.25) is 11.0 Å². The van der Waals surface area contributed by atoms with Gasteiger partial charge in [-0.05, 0) is 35.1 Å². The molecular weight excluding hydrogens is 544 g/mol. The van der Waals surface area contributed by atoms with Crippen molar-refractivity contribution >= 4 is 39.9 Å². The van der Waals surface area contributed by atoms with Gasteiger partial charge < -0.3 is 16.2 Å². The fourth-order valence-corrected chi connectivity index (χ4v) is 6.66. The maximum Gasteiger partial charge on any atom is 0.227 e. The number of primary amides is 1. The highest BCUT2D eigenvalue weighted by Crippen LogP contribution is 2.50. The van der Waals surface area contributed by atoms with E-state index in [-0.39, 0.29) is 28.3 Å². The highest BCUT2D eigenvalue weighted by Gasteiger charge is 2.45. The number of nitrogens with zero attached hydrogens (tertiary/aromatic N) is 4. The summed E-state index contributed by atoms with van der Waals surface area (Å²) in [4.78, 5) is 26.6. The van der Waals surface area contributed by atoms with E-state index in [0.29, 0.717) is 40.2 Å². The van der Waals surface area contributed by atoms with Gasteiger partial charge in [-0.1, -0.05) is 79.4 Å². The van der Waals surface area contributed by atoms with Crippen LogP contribution in [0, 0.1) is 16.7 Å². The average molecular weight is 573 g/mol. The number of aromatic nitrogens is 2. The van der Waals surface area contributed by atoms with E-state index in [1.807, 2.05) is 68.4 Å². The summed E-state index contributed by atoms with van der Waals surface area (Å²) in [6, 6.07) is 19.6. The van der Waals surface area contributed by atoms with Crippen LogP contribution in [0.4, 0.5) is 5.13 Å². The number of carbonyl (C=O) groups excluding carboxylic acids is 2. The number of ketones is 1. The van der Waals surface area contributed by atoms with Crippen LogP contribution in [0.1, 0.15) is 43.7 Å². The molecule has 11 heteroatoms. The van der Waals surface area contributed by atoms with Crippen LogP contribution in [0.5, 0.6) is 5.75 Å². The second-order valence-electron chi connectivity index (χ2n) is 10.4. The van der Waals surface area contributed by atoms with Crippen molar-refractivity contribution in [2.75, 3.05) is 10.7 Å². The first-order valence-corrected chi connectivity index (χ1v) is 14.4. The molecule has 2 aliphatic rings. The number of hydrogen-bond acceptors (Lipinski definition) is 10. The van der Waals surface area contributed by atoms with E-state index < -0.39 is 11.8 Å². The van der Waals surface area contributed by atoms with Gasteiger partial charge in [0.15, 0.2) is 10.1 Å². The van der Waals surface area contributed by atoms with Gasteiger partial charge in [-0.2, -0.15) is 5.26 Å². The van der Waals surface area contributed by atoms with E-state index in [4.69, 9.17) is 16.2 Å². The summed E-state index contributed by atoms with van der Waals surface area (Å²) in [6.45, 7) is 4.50. The monoisotopic (exact) mass is 572 g/mol. The second-order valence-corrected chi connectivity index (χ2v) is 12.6. The van der Waals surface area contributed by atoms with Crippen LogP contribution in [-0.4, -0.2) is 27.6 Å². The average Bonchev–Trinajstić information content (AvgIpc) is 3.39. The lowest BCUT2D eigenvalue weighted by Gasteiger charge is -2.42. The third kappa shape index (κ3) is 5.59. The first-order valence-electron chi connectivity index (χ1n) is 12.6. The van der Waals surface area contributed by atoms with Crippen molar-refractivity contribution in [3.8, 4) is 11.8 Å². The standard InChI is InChI=1S/C29H28N6O3S2/c1-29(2)12-21-25(22(36)13-29)24(18-8-10-19(11-9-18)38-15-17-6-4-3-5-7-17)20(14-30)26(32)35(21)27-33-34-28(40-27)39-16-23(31)37/h3-11,24H,12-13,15-16,32H2,1-2H3,(H2,31,37). The molecule has 0 radical (unpaired) electrons. The number of carbonyl (C=O) groups is 2. The molecule has 1 aromatic heterocycles. The molecule has 40 heavy (non-hydrogen) atoms. The van der Waals surface area contributed by atoms with Crippen LogP contribution in [0.15, 0.2) is 81.6 Å². The Morgan fingerprint density at radius 1 is 1.18 bits per heavy atom. The van der Waals surface area contributed by atoms with Gasteiger partial charge in [0.1, 0.15) is 18.2 Å². The number of anilines is 1. The molecule has 5 rings (SSSR count). The molecule has 2 heterocycles. The summed E-state index contributed by atoms with van der Waals surface area (Å²) in [5.41, 5.74) is 15.0. The number of Topliss-reactive ketones (excluding diaryl/α,β-unsaturated/α-hetero) is 1. The quantitative estimate of drug-likeness (QED) is 0.368. The Hall–Kier alpha value is -4.14. The zero-order chi connectivity index (χ0) is 28.4. The molecule has 9 nitrogen and oxygen atoms in total. The Morgan fingerprint density at radius 3 is 2.58 bits per heavy atom. The number of ether oxygens (including phenoxy) is 1. The van der Waals surface area contributed by atoms with Crippen molar-refractivity contribution in [2.24, 2.45) is 16.9 Å². The van der Waals surface area contributed by atoms with Crippen molar-refractivity contribution in [2.45, 2.75) is 43.6 Å². The molecule has 1 aliphatic carbocycles. The molecule has 0 fully saturated rings. The molecule has 0 saturated carbocycles. The van der Waals surface area contributed by atoms with Gasteiger partial charge in [-0.3, -0.25) is 14.5 Å². The second kappa shape index (κ2) is 11.2. The van der Waals surface area contributed by atoms with Crippen LogP contribution in [0.2, 0.25) is 0 Å². The van der Waals surface area contributed by atoms with E-state index in [1.165, 1.54) is 23.1 Å². The van der Waals surface area contributed by atoms with Gasteiger partial charge in [0.05, 0.1) is 23.3 Å². The summed E-state index contributed by atoms with van der Waals surface area (Å²) in [5, 5.41) is 19.2. The maximum atomic E-state index is 13.7. The predicted molar refractivity (Wildman–Crippen MR) is 154 cm³/mol. The molecule has 1 amide bonds. The number of rotatable bonds is 8. The summed E-state index contributed by atoms with van der Waals surface area (Å²) >= 11 is 2.41. The van der Waals surface area contributed by atoms with E-state index in [1.54, 1.807) is 4.90 Å². The zero-order valence-electron chi connectivity index (χ0n) is 22.1. The normalized spacial score (nSPS) is 18.4. The third-order valence-corrected chi connectivity index (χ3v) is 8.83. The Bertz CT molecular complexity index is 1550. The van der Waals surface area contributed by atoms with Crippen LogP contribution in [0.3, 0.4) is 0 Å². The number of thioether (sulfide) groups is 1. The van der Waals surface area contributed by atoms with Crippen LogP contribution in [-0.2, 0) is 16.2 Å². The lowest BCUT2D eigenvalue weighted by Crippen LogP contribution is -2.42. The van der Waals surface area contributed by atoms with E-state index in [0.717, 1.165) is 16.8 Å². The number of nitrogens with two attached hydrogens (primary N) is 2. The van der Waals surface area contributed by atoms with Crippen molar-refractivity contribution in [3.05, 3.63) is 88.4 Å². The third-order valence-electron chi connectivity index (χ3n) is 6.77. The minimum absolute atomic E-state index is 0.0289. The minimum Gasteiger partial charge on any atom is -0.489 e. The van der Waals surface area contributed by atoms with Gasteiger partial charge in [0, 0.05) is 17.7 Å². The molecule has 1 atom stereocenters. The fraction of sp³-hybridized carbons (Fsp3) is 0.276. The van der Waals surface area contributed by atoms with Crippen LogP contribution >= 0.6 is 23.1 Å². The van der Waals surface area contributed by atoms with E-state index in [2.05, 4.69) is 16.3 Å². The highest BCUT2D eigenvalue weighted by atomic mass is 32.2. The van der Waals surface area contributed by atoms with Crippen LogP contribution in [0.25, 0.3) is 0 Å². The molecule has 204 valence electrons. The molecule has 0 saturated heterocycles. The molecule has 2 aromatic carbocycles. The largest absolute Gasteiger partial charge is 0.489 e. The fourth-order valence-electron chi connectivity index (χ4n) is 5.04. The first-order chi connectivity index (χ1) is 19.2. The Labute approximate surface area is 240 Å². The maximum absolute atomic E-state index is 13.7. The number of hydrogen-bond donors (Lipinski definition) is 2. The molecule has 0 bridgehead atoms. The van der Waals surface area contributed by atoms with Crippen molar-refractivity contribution in [3.63, 3.8) is 0 Å². The van der Waals surface area contributed by atoms with Gasteiger partial charge in [-0.25, -0.2) is 0 Å². The Balaban J connectivity index is 1.52. The number of allylic oxidation sites excluding steroid dienone is 3. The Morgan fingerprint density at radius 2 is 1.90 bits per heavy atom. The number of amides is 1. The molecule has 1 aliphatic heterocycles. The minimum atomic E-state index is -0.611. The van der Waals surface area contributed by atoms with Crippen LogP contribution < -0.4 is 21.1 Å². The van der Waals surface area contributed by atoms with Crippen molar-refractivity contribution in [1.82, 2.24) is 10.2 Å². The summed E-state index contributed by atoms with van der Waals surface area (Å²) in [6.07, 6.45) is 0.911. The van der Waals surface area contributed by atoms with E-state index in [9.17, 15) is 14.9 Å². The van der Waals surface area contributed by atoms with Crippen molar-refractivity contribution in [1.29, 1.82) is 5.26 Å². The summed E-state index contributed by atoms with van der Waals surface area (Å²) in [7, 11) is 0. The SMILES string of the molecule is CC1(C)CC(=O)C2=C(C1)N(c1nnc(SCC(N)=O)s1)C(N)=C(C#N)C2c1ccc(OCc2ccccc2)cc1. The van der Waals surface area contributed by atoms with Crippen molar-refractivity contribution < 1.29 is 14.3 Å². The lowest BCUT2D eigenvalue weighted by molar-refractivity contribution is -0.118.